The lowest BCUT2D eigenvalue weighted by atomic mass is 10.1. The number of urea groups is 1. The first-order valence-corrected chi connectivity index (χ1v) is 6.13. The van der Waals surface area contributed by atoms with Gasteiger partial charge in [-0.3, -0.25) is 5.43 Å². The molecule has 0 aromatic carbocycles. The van der Waals surface area contributed by atoms with Crippen LogP contribution >= 0.6 is 0 Å². The maximum Gasteiger partial charge on any atom is 0.330 e. The van der Waals surface area contributed by atoms with Crippen molar-refractivity contribution in [2.75, 3.05) is 33.2 Å². The Labute approximate surface area is 107 Å². The van der Waals surface area contributed by atoms with E-state index in [1.54, 1.807) is 18.9 Å². The third-order valence-corrected chi connectivity index (χ3v) is 2.98. The van der Waals surface area contributed by atoms with Gasteiger partial charge in [-0.15, -0.1) is 0 Å². The summed E-state index contributed by atoms with van der Waals surface area (Å²) in [5, 5.41) is 13.2. The summed E-state index contributed by atoms with van der Waals surface area (Å²) < 4.78 is 0. The Morgan fingerprint density at radius 1 is 1.17 bits per heavy atom. The van der Waals surface area contributed by atoms with Gasteiger partial charge in [-0.1, -0.05) is 13.8 Å². The Morgan fingerprint density at radius 3 is 2.17 bits per heavy atom. The first kappa shape index (κ1) is 14.7. The van der Waals surface area contributed by atoms with Gasteiger partial charge in [0.05, 0.1) is 0 Å². The van der Waals surface area contributed by atoms with Gasteiger partial charge in [0.15, 0.2) is 0 Å². The van der Waals surface area contributed by atoms with Crippen LogP contribution in [0, 0.1) is 5.92 Å². The van der Waals surface area contributed by atoms with Crippen molar-refractivity contribution in [2.24, 2.45) is 5.92 Å². The molecule has 18 heavy (non-hydrogen) atoms. The summed E-state index contributed by atoms with van der Waals surface area (Å²) in [6, 6.07) is -1.32. The van der Waals surface area contributed by atoms with E-state index in [9.17, 15) is 9.59 Å². The summed E-state index contributed by atoms with van der Waals surface area (Å²) in [6.07, 6.45) is 0. The van der Waals surface area contributed by atoms with Gasteiger partial charge >= 0.3 is 12.0 Å². The number of nitrogens with zero attached hydrogens (tertiary/aromatic N) is 2. The molecule has 7 heteroatoms. The molecule has 0 radical (unpaired) electrons. The standard InChI is InChI=1S/C11H22N4O3/c1-8(2)9(10(16)17)12-11(18)13-15-6-4-14(3)5-7-15/h8-9H,4-7H2,1-3H3,(H,16,17)(H2,12,13,18)/t9-/m1/s1. The van der Waals surface area contributed by atoms with Crippen molar-refractivity contribution in [2.45, 2.75) is 19.9 Å². The Morgan fingerprint density at radius 2 is 1.72 bits per heavy atom. The number of hydrogen-bond acceptors (Lipinski definition) is 4. The molecule has 2 amide bonds. The number of hydrazine groups is 1. The molecule has 1 rings (SSSR count). The predicted octanol–water partition coefficient (Wildman–Crippen LogP) is -0.443. The van der Waals surface area contributed by atoms with E-state index in [0.29, 0.717) is 0 Å². The molecule has 1 saturated heterocycles. The van der Waals surface area contributed by atoms with Crippen LogP contribution in [-0.4, -0.2) is 66.3 Å². The molecular formula is C11H22N4O3. The number of hydrogen-bond donors (Lipinski definition) is 3. The molecule has 0 saturated carbocycles. The first-order valence-electron chi connectivity index (χ1n) is 6.13. The van der Waals surface area contributed by atoms with Crippen molar-refractivity contribution < 1.29 is 14.7 Å². The summed E-state index contributed by atoms with van der Waals surface area (Å²) >= 11 is 0. The lowest BCUT2D eigenvalue weighted by Crippen LogP contribution is -2.57. The van der Waals surface area contributed by atoms with Crippen LogP contribution in [0.3, 0.4) is 0 Å². The van der Waals surface area contributed by atoms with Crippen LogP contribution < -0.4 is 10.7 Å². The van der Waals surface area contributed by atoms with Gasteiger partial charge in [-0.25, -0.2) is 14.6 Å². The zero-order valence-corrected chi connectivity index (χ0v) is 11.1. The highest BCUT2D eigenvalue weighted by atomic mass is 16.4. The van der Waals surface area contributed by atoms with Crippen LogP contribution in [0.5, 0.6) is 0 Å². The van der Waals surface area contributed by atoms with Gasteiger partial charge in [-0.2, -0.15) is 0 Å². The molecule has 1 atom stereocenters. The van der Waals surface area contributed by atoms with Crippen LogP contribution in [0.4, 0.5) is 4.79 Å². The fraction of sp³-hybridized carbons (Fsp3) is 0.818. The molecule has 3 N–H and O–H groups in total. The molecule has 0 aliphatic carbocycles. The van der Waals surface area contributed by atoms with E-state index in [2.05, 4.69) is 15.6 Å². The monoisotopic (exact) mass is 258 g/mol. The minimum atomic E-state index is -1.02. The summed E-state index contributed by atoms with van der Waals surface area (Å²) in [5.74, 6) is -1.17. The third kappa shape index (κ3) is 4.50. The number of piperazine rings is 1. The van der Waals surface area contributed by atoms with Crippen molar-refractivity contribution in [1.82, 2.24) is 20.7 Å². The minimum absolute atomic E-state index is 0.152. The second-order valence-corrected chi connectivity index (χ2v) is 4.94. The highest BCUT2D eigenvalue weighted by Gasteiger charge is 2.24. The predicted molar refractivity (Wildman–Crippen MR) is 67.0 cm³/mol. The summed E-state index contributed by atoms with van der Waals surface area (Å²) in [5.41, 5.74) is 2.67. The number of amides is 2. The summed E-state index contributed by atoms with van der Waals surface area (Å²) in [7, 11) is 2.02. The highest BCUT2D eigenvalue weighted by Crippen LogP contribution is 2.01. The average molecular weight is 258 g/mol. The molecule has 1 fully saturated rings. The lowest BCUT2D eigenvalue weighted by molar-refractivity contribution is -0.140. The van der Waals surface area contributed by atoms with Gasteiger partial charge in [-0.05, 0) is 13.0 Å². The van der Waals surface area contributed by atoms with Crippen molar-refractivity contribution in [3.05, 3.63) is 0 Å². The molecule has 0 spiro atoms. The number of carboxylic acid groups (broad SMARTS) is 1. The lowest BCUT2D eigenvalue weighted by Gasteiger charge is -2.32. The number of nitrogens with one attached hydrogen (secondary N) is 2. The number of carbonyl (C=O) groups is 2. The van der Waals surface area contributed by atoms with Crippen LogP contribution in [-0.2, 0) is 4.79 Å². The molecular weight excluding hydrogens is 236 g/mol. The Kier molecular flexibility index (Phi) is 5.36. The van der Waals surface area contributed by atoms with Crippen molar-refractivity contribution >= 4 is 12.0 Å². The first-order chi connectivity index (χ1) is 8.40. The molecule has 1 aliphatic rings. The minimum Gasteiger partial charge on any atom is -0.480 e. The molecule has 0 unspecified atom stereocenters. The van der Waals surface area contributed by atoms with E-state index >= 15 is 0 Å². The van der Waals surface area contributed by atoms with E-state index in [-0.39, 0.29) is 5.92 Å². The Bertz CT molecular complexity index is 301. The molecule has 1 aliphatic heterocycles. The zero-order chi connectivity index (χ0) is 13.7. The zero-order valence-electron chi connectivity index (χ0n) is 11.1. The normalized spacial score (nSPS) is 19.6. The van der Waals surface area contributed by atoms with Gasteiger partial charge in [0.2, 0.25) is 0 Å². The smallest absolute Gasteiger partial charge is 0.330 e. The summed E-state index contributed by atoms with van der Waals surface area (Å²) in [4.78, 5) is 24.8. The molecule has 104 valence electrons. The molecule has 0 aromatic rings. The number of carboxylic acids is 1. The highest BCUT2D eigenvalue weighted by molar-refractivity contribution is 5.82. The number of carbonyl (C=O) groups excluding carboxylic acids is 1. The number of aliphatic carboxylic acids is 1. The van der Waals surface area contributed by atoms with E-state index in [1.165, 1.54) is 0 Å². The van der Waals surface area contributed by atoms with E-state index in [4.69, 9.17) is 5.11 Å². The van der Waals surface area contributed by atoms with Crippen molar-refractivity contribution in [3.8, 4) is 0 Å². The van der Waals surface area contributed by atoms with Gasteiger partial charge < -0.3 is 15.3 Å². The quantitative estimate of drug-likeness (QED) is 0.636. The largest absolute Gasteiger partial charge is 0.480 e. The second-order valence-electron chi connectivity index (χ2n) is 4.94. The Hall–Kier alpha value is -1.34. The van der Waals surface area contributed by atoms with E-state index < -0.39 is 18.0 Å². The maximum atomic E-state index is 11.7. The third-order valence-electron chi connectivity index (χ3n) is 2.98. The summed E-state index contributed by atoms with van der Waals surface area (Å²) in [6.45, 7) is 6.76. The molecule has 7 nitrogen and oxygen atoms in total. The SMILES string of the molecule is CC(C)[C@@H](NC(=O)NN1CCN(C)CC1)C(=O)O. The average Bonchev–Trinajstić information content (AvgIpc) is 2.28. The van der Waals surface area contributed by atoms with Gasteiger partial charge in [0, 0.05) is 26.2 Å². The number of likely N-dealkylation sites (N-methyl/N-ethyl adjacent to an activating group) is 1. The van der Waals surface area contributed by atoms with Crippen LogP contribution in [0.2, 0.25) is 0 Å². The second kappa shape index (κ2) is 6.55. The molecule has 0 bridgehead atoms. The van der Waals surface area contributed by atoms with Gasteiger partial charge in [0.1, 0.15) is 6.04 Å². The van der Waals surface area contributed by atoms with E-state index in [0.717, 1.165) is 26.2 Å². The fourth-order valence-corrected chi connectivity index (χ4v) is 1.75. The van der Waals surface area contributed by atoms with E-state index in [1.807, 2.05) is 7.05 Å². The molecule has 0 aromatic heterocycles. The van der Waals surface area contributed by atoms with Crippen LogP contribution in [0.1, 0.15) is 13.8 Å². The fourth-order valence-electron chi connectivity index (χ4n) is 1.75. The van der Waals surface area contributed by atoms with Crippen molar-refractivity contribution in [3.63, 3.8) is 0 Å². The molecule has 1 heterocycles. The number of rotatable bonds is 4. The van der Waals surface area contributed by atoms with Crippen LogP contribution in [0.25, 0.3) is 0 Å². The van der Waals surface area contributed by atoms with Gasteiger partial charge in [0.25, 0.3) is 0 Å². The topological polar surface area (TPSA) is 84.9 Å². The maximum absolute atomic E-state index is 11.7. The Balaban J connectivity index is 2.38. The van der Waals surface area contributed by atoms with Crippen LogP contribution in [0.15, 0.2) is 0 Å². The van der Waals surface area contributed by atoms with Crippen molar-refractivity contribution in [1.29, 1.82) is 0 Å².